The molecule has 0 atom stereocenters. The van der Waals surface area contributed by atoms with Crippen molar-refractivity contribution in [3.05, 3.63) is 88.6 Å². The highest BCUT2D eigenvalue weighted by Gasteiger charge is 2.19. The van der Waals surface area contributed by atoms with Gasteiger partial charge in [0.1, 0.15) is 5.69 Å². The summed E-state index contributed by atoms with van der Waals surface area (Å²) in [7, 11) is 0. The lowest BCUT2D eigenvalue weighted by Crippen LogP contribution is -2.14. The van der Waals surface area contributed by atoms with Crippen LogP contribution in [0.1, 0.15) is 21.6 Å². The highest BCUT2D eigenvalue weighted by Crippen LogP contribution is 2.37. The summed E-state index contributed by atoms with van der Waals surface area (Å²) >= 11 is 7.56. The van der Waals surface area contributed by atoms with Gasteiger partial charge in [-0.1, -0.05) is 53.7 Å². The van der Waals surface area contributed by atoms with E-state index in [9.17, 15) is 4.79 Å². The van der Waals surface area contributed by atoms with Crippen LogP contribution >= 0.6 is 23.4 Å². The Bertz CT molecular complexity index is 1170. The monoisotopic (exact) mass is 406 g/mol. The number of hydrogen-bond acceptors (Lipinski definition) is 2. The van der Waals surface area contributed by atoms with Crippen LogP contribution in [0, 0.1) is 13.8 Å². The number of amides is 1. The molecular formula is C23H19ClN2OS. The van der Waals surface area contributed by atoms with Crippen molar-refractivity contribution in [1.29, 1.82) is 0 Å². The zero-order valence-corrected chi connectivity index (χ0v) is 17.1. The number of fused-ring (bicyclic) bond motifs is 1. The van der Waals surface area contributed by atoms with E-state index in [0.717, 1.165) is 37.5 Å². The van der Waals surface area contributed by atoms with Crippen LogP contribution in [0.2, 0.25) is 5.02 Å². The van der Waals surface area contributed by atoms with Crippen LogP contribution in [-0.2, 0) is 0 Å². The Morgan fingerprint density at radius 3 is 2.54 bits per heavy atom. The Morgan fingerprint density at radius 1 is 1.00 bits per heavy atom. The second-order valence-electron chi connectivity index (χ2n) is 6.70. The van der Waals surface area contributed by atoms with Gasteiger partial charge in [0.2, 0.25) is 0 Å². The van der Waals surface area contributed by atoms with Gasteiger partial charge in [0.05, 0.1) is 4.90 Å². The number of para-hydroxylation sites is 1. The van der Waals surface area contributed by atoms with Gasteiger partial charge in [0.25, 0.3) is 5.91 Å². The molecule has 140 valence electrons. The second-order valence-corrected chi connectivity index (χ2v) is 8.22. The average Bonchev–Trinajstić information content (AvgIpc) is 3.05. The Hall–Kier alpha value is -2.69. The number of aromatic nitrogens is 1. The molecule has 0 aliphatic carbocycles. The topological polar surface area (TPSA) is 44.9 Å². The standard InChI is InChI=1S/C23H19ClN2OS/c1-14-7-8-15(2)20(13-14)26-23(27)21-22(18-5-3-4-6-19(18)25-21)28-17-11-9-16(24)10-12-17/h3-13,25H,1-2H3,(H,26,27). The molecule has 1 aromatic heterocycles. The smallest absolute Gasteiger partial charge is 0.273 e. The van der Waals surface area contributed by atoms with Crippen LogP contribution in [0.5, 0.6) is 0 Å². The van der Waals surface area contributed by atoms with Crippen molar-refractivity contribution < 1.29 is 4.79 Å². The van der Waals surface area contributed by atoms with E-state index >= 15 is 0 Å². The van der Waals surface area contributed by atoms with Crippen LogP contribution in [0.3, 0.4) is 0 Å². The molecule has 0 fully saturated rings. The van der Waals surface area contributed by atoms with Gasteiger partial charge in [-0.25, -0.2) is 0 Å². The molecule has 1 heterocycles. The summed E-state index contributed by atoms with van der Waals surface area (Å²) < 4.78 is 0. The number of benzene rings is 3. The minimum Gasteiger partial charge on any atom is -0.350 e. The summed E-state index contributed by atoms with van der Waals surface area (Å²) in [4.78, 5) is 18.4. The van der Waals surface area contributed by atoms with E-state index in [1.54, 1.807) is 11.8 Å². The van der Waals surface area contributed by atoms with Crippen molar-refractivity contribution in [2.75, 3.05) is 5.32 Å². The van der Waals surface area contributed by atoms with Crippen molar-refractivity contribution in [1.82, 2.24) is 4.98 Å². The Balaban J connectivity index is 1.74. The summed E-state index contributed by atoms with van der Waals surface area (Å²) in [5, 5.41) is 4.77. The van der Waals surface area contributed by atoms with E-state index in [1.165, 1.54) is 0 Å². The lowest BCUT2D eigenvalue weighted by atomic mass is 10.1. The first-order valence-corrected chi connectivity index (χ1v) is 10.1. The molecule has 0 saturated heterocycles. The summed E-state index contributed by atoms with van der Waals surface area (Å²) in [5.74, 6) is -0.152. The third-order valence-electron chi connectivity index (χ3n) is 4.56. The highest BCUT2D eigenvalue weighted by molar-refractivity contribution is 7.99. The fourth-order valence-corrected chi connectivity index (χ4v) is 4.23. The number of nitrogens with one attached hydrogen (secondary N) is 2. The van der Waals surface area contributed by atoms with E-state index in [4.69, 9.17) is 11.6 Å². The molecule has 28 heavy (non-hydrogen) atoms. The molecule has 0 aliphatic heterocycles. The van der Waals surface area contributed by atoms with Gasteiger partial charge in [0.15, 0.2) is 0 Å². The predicted octanol–water partition coefficient (Wildman–Crippen LogP) is 6.84. The average molecular weight is 407 g/mol. The van der Waals surface area contributed by atoms with Crippen molar-refractivity contribution in [3.8, 4) is 0 Å². The minimum absolute atomic E-state index is 0.152. The molecule has 0 radical (unpaired) electrons. The van der Waals surface area contributed by atoms with Crippen molar-refractivity contribution in [2.45, 2.75) is 23.6 Å². The maximum absolute atomic E-state index is 13.1. The van der Waals surface area contributed by atoms with E-state index in [0.29, 0.717) is 10.7 Å². The van der Waals surface area contributed by atoms with Crippen LogP contribution in [-0.4, -0.2) is 10.9 Å². The first-order chi connectivity index (χ1) is 13.5. The fraction of sp³-hybridized carbons (Fsp3) is 0.0870. The first-order valence-electron chi connectivity index (χ1n) is 8.94. The number of halogens is 1. The van der Waals surface area contributed by atoms with Gasteiger partial charge < -0.3 is 10.3 Å². The molecular weight excluding hydrogens is 388 g/mol. The third kappa shape index (κ3) is 3.79. The highest BCUT2D eigenvalue weighted by atomic mass is 35.5. The van der Waals surface area contributed by atoms with Gasteiger partial charge in [-0.2, -0.15) is 0 Å². The molecule has 4 aromatic rings. The molecule has 0 spiro atoms. The number of anilines is 1. The van der Waals surface area contributed by atoms with Crippen molar-refractivity contribution in [2.24, 2.45) is 0 Å². The Kier molecular flexibility index (Phi) is 5.16. The van der Waals surface area contributed by atoms with E-state index in [1.807, 2.05) is 80.6 Å². The number of carbonyl (C=O) groups excluding carboxylic acids is 1. The maximum Gasteiger partial charge on any atom is 0.273 e. The maximum atomic E-state index is 13.1. The lowest BCUT2D eigenvalue weighted by Gasteiger charge is -2.10. The third-order valence-corrected chi connectivity index (χ3v) is 5.95. The molecule has 2 N–H and O–H groups in total. The van der Waals surface area contributed by atoms with Gasteiger partial charge in [-0.3, -0.25) is 4.79 Å². The molecule has 5 heteroatoms. The van der Waals surface area contributed by atoms with Gasteiger partial charge in [-0.05, 0) is 61.4 Å². The normalized spacial score (nSPS) is 11.0. The van der Waals surface area contributed by atoms with E-state index in [2.05, 4.69) is 10.3 Å². The lowest BCUT2D eigenvalue weighted by molar-refractivity contribution is 0.102. The second kappa shape index (κ2) is 7.74. The van der Waals surface area contributed by atoms with Crippen molar-refractivity contribution >= 4 is 45.9 Å². The summed E-state index contributed by atoms with van der Waals surface area (Å²) in [6, 6.07) is 21.6. The molecule has 3 nitrogen and oxygen atoms in total. The number of rotatable bonds is 4. The predicted molar refractivity (Wildman–Crippen MR) is 118 cm³/mol. The Morgan fingerprint density at radius 2 is 1.75 bits per heavy atom. The molecule has 3 aromatic carbocycles. The zero-order valence-electron chi connectivity index (χ0n) is 15.5. The SMILES string of the molecule is Cc1ccc(C)c(NC(=O)c2[nH]c3ccccc3c2Sc2ccc(Cl)cc2)c1. The van der Waals surface area contributed by atoms with Gasteiger partial charge >= 0.3 is 0 Å². The van der Waals surface area contributed by atoms with Crippen LogP contribution in [0.4, 0.5) is 5.69 Å². The first kappa shape index (κ1) is 18.7. The number of H-pyrrole nitrogens is 1. The molecule has 0 saturated carbocycles. The number of aromatic amines is 1. The molecule has 0 bridgehead atoms. The summed E-state index contributed by atoms with van der Waals surface area (Å²) in [6.07, 6.45) is 0. The van der Waals surface area contributed by atoms with Crippen LogP contribution in [0.25, 0.3) is 10.9 Å². The van der Waals surface area contributed by atoms with Crippen molar-refractivity contribution in [3.63, 3.8) is 0 Å². The quantitative estimate of drug-likeness (QED) is 0.389. The van der Waals surface area contributed by atoms with Gasteiger partial charge in [-0.15, -0.1) is 0 Å². The number of aryl methyl sites for hydroxylation is 2. The van der Waals surface area contributed by atoms with E-state index in [-0.39, 0.29) is 5.91 Å². The molecule has 4 rings (SSSR count). The summed E-state index contributed by atoms with van der Waals surface area (Å²) in [6.45, 7) is 4.00. The number of carbonyl (C=O) groups is 1. The minimum atomic E-state index is -0.152. The molecule has 0 unspecified atom stereocenters. The fourth-order valence-electron chi connectivity index (χ4n) is 3.06. The summed E-state index contributed by atoms with van der Waals surface area (Å²) in [5.41, 5.74) is 4.45. The molecule has 0 aliphatic rings. The van der Waals surface area contributed by atoms with E-state index < -0.39 is 0 Å². The Labute approximate surface area is 173 Å². The van der Waals surface area contributed by atoms with Crippen LogP contribution < -0.4 is 5.32 Å². The largest absolute Gasteiger partial charge is 0.350 e. The zero-order chi connectivity index (χ0) is 19.7. The van der Waals surface area contributed by atoms with Gasteiger partial charge in [0, 0.05) is 26.5 Å². The molecule has 1 amide bonds. The number of hydrogen-bond donors (Lipinski definition) is 2. The van der Waals surface area contributed by atoms with Crippen LogP contribution in [0.15, 0.2) is 76.5 Å².